The highest BCUT2D eigenvalue weighted by Gasteiger charge is 2.36. The third kappa shape index (κ3) is 10.7. The number of carboxylic acid groups (broad SMARTS) is 8. The summed E-state index contributed by atoms with van der Waals surface area (Å²) >= 11 is 0. The van der Waals surface area contributed by atoms with E-state index in [1.807, 2.05) is 0 Å². The van der Waals surface area contributed by atoms with E-state index >= 15 is 0 Å². The molecule has 21 heteroatoms. The highest BCUT2D eigenvalue weighted by Crippen LogP contribution is 2.41. The molecule has 1 unspecified atom stereocenters. The SMILES string of the molecule is O=C(O)CCC1=C(CC(=O)O)C2=NC1=CC1=NC(=CC3=NC(=CC4=NC(=C2)C(CCC(=O)O)=C4CC(=O)O)C(C(O)CC(=O)O)=C3CC(=O)O)C(CCC(=O)O)=C1CC(=O)O. The number of aliphatic hydroxyl groups is 1. The third-order valence-corrected chi connectivity index (χ3v) is 9.70. The van der Waals surface area contributed by atoms with Crippen LogP contribution in [-0.4, -0.2) is 123 Å². The van der Waals surface area contributed by atoms with Crippen LogP contribution < -0.4 is 0 Å². The molecular formula is C40H36N4O17. The first kappa shape index (κ1) is 44.4. The zero-order valence-electron chi connectivity index (χ0n) is 31.7. The van der Waals surface area contributed by atoms with Crippen molar-refractivity contribution in [2.45, 2.75) is 76.7 Å². The van der Waals surface area contributed by atoms with Gasteiger partial charge in [0.15, 0.2) is 0 Å². The number of hydrogen-bond donors (Lipinski definition) is 9. The molecule has 0 spiro atoms. The van der Waals surface area contributed by atoms with Crippen molar-refractivity contribution in [3.05, 3.63) is 91.7 Å². The fourth-order valence-electron chi connectivity index (χ4n) is 7.29. The van der Waals surface area contributed by atoms with E-state index in [9.17, 15) is 84.3 Å². The van der Waals surface area contributed by atoms with E-state index < -0.39 is 105 Å². The van der Waals surface area contributed by atoms with E-state index in [-0.39, 0.29) is 109 Å². The third-order valence-electron chi connectivity index (χ3n) is 9.70. The monoisotopic (exact) mass is 844 g/mol. The van der Waals surface area contributed by atoms with Crippen molar-refractivity contribution in [3.63, 3.8) is 0 Å². The molecule has 318 valence electrons. The Labute approximate surface area is 342 Å². The quantitative estimate of drug-likeness (QED) is 0.0850. The predicted octanol–water partition coefficient (Wildman–Crippen LogP) is 2.87. The molecule has 0 aromatic heterocycles. The molecule has 5 aliphatic rings. The Hall–Kier alpha value is -7.68. The lowest BCUT2D eigenvalue weighted by Gasteiger charge is -2.14. The van der Waals surface area contributed by atoms with Gasteiger partial charge >= 0.3 is 47.8 Å². The number of rotatable bonds is 20. The standard InChI is InChI=1S/C40H36N4O17/c45-31(15-39(60)61)40-22(10-38(58)59)29-13-25-17(2-5-33(48)49)20(8-36(54)55)27(42-25)11-23-16(1-4-32(46)47)19(7-35(52)53)26(41-23)12-24-18(3-6-34(50)51)21(9-37(56)57)28(43-24)14-30(40)44-29/h11-14,31,45H,1-10,15H2,(H,46,47)(H,48,49)(H,50,51)(H,52,53)(H,54,55)(H,56,57)(H,58,59)(H,60,61). The second-order valence-corrected chi connectivity index (χ2v) is 13.9. The van der Waals surface area contributed by atoms with E-state index in [0.29, 0.717) is 0 Å². The first-order chi connectivity index (χ1) is 28.7. The highest BCUT2D eigenvalue weighted by molar-refractivity contribution is 6.22. The van der Waals surface area contributed by atoms with Crippen LogP contribution >= 0.6 is 0 Å². The second kappa shape index (κ2) is 18.5. The fourth-order valence-corrected chi connectivity index (χ4v) is 7.29. The summed E-state index contributed by atoms with van der Waals surface area (Å²) in [5, 5.41) is 89.8. The number of aliphatic imine (C=N–C) groups is 4. The topological polar surface area (TPSA) is 368 Å². The number of carboxylic acids is 8. The molecule has 0 aromatic carbocycles. The zero-order valence-corrected chi connectivity index (χ0v) is 31.7. The van der Waals surface area contributed by atoms with Crippen molar-refractivity contribution in [2.24, 2.45) is 20.0 Å². The minimum Gasteiger partial charge on any atom is -0.481 e. The molecule has 0 saturated carbocycles. The molecule has 0 amide bonds. The lowest BCUT2D eigenvalue weighted by atomic mass is 9.91. The molecule has 5 aliphatic heterocycles. The Morgan fingerprint density at radius 3 is 0.951 bits per heavy atom. The molecule has 1 atom stereocenters. The maximum atomic E-state index is 12.3. The number of aliphatic hydroxyl groups excluding tert-OH is 1. The average molecular weight is 845 g/mol. The van der Waals surface area contributed by atoms with Crippen LogP contribution in [0.4, 0.5) is 0 Å². The number of nitrogens with zero attached hydrogens (tertiary/aromatic N) is 4. The van der Waals surface area contributed by atoms with Crippen molar-refractivity contribution in [3.8, 4) is 0 Å². The number of fused-ring (bicyclic) bond motifs is 4. The average Bonchev–Trinajstić information content (AvgIpc) is 3.82. The fraction of sp³-hybridized carbons (Fsp3) is 0.300. The maximum absolute atomic E-state index is 12.3. The molecule has 0 radical (unpaired) electrons. The van der Waals surface area contributed by atoms with Gasteiger partial charge in [0, 0.05) is 24.8 Å². The molecule has 0 aliphatic carbocycles. The molecule has 8 bridgehead atoms. The molecule has 9 N–H and O–H groups in total. The van der Waals surface area contributed by atoms with Crippen molar-refractivity contribution >= 4 is 70.6 Å². The van der Waals surface area contributed by atoms with Gasteiger partial charge < -0.3 is 46.0 Å². The van der Waals surface area contributed by atoms with E-state index in [2.05, 4.69) is 20.0 Å². The van der Waals surface area contributed by atoms with Crippen LogP contribution in [0.5, 0.6) is 0 Å². The van der Waals surface area contributed by atoms with Crippen LogP contribution in [0.1, 0.15) is 70.6 Å². The van der Waals surface area contributed by atoms with Gasteiger partial charge in [-0.25, -0.2) is 20.0 Å². The van der Waals surface area contributed by atoms with Gasteiger partial charge in [0.25, 0.3) is 0 Å². The van der Waals surface area contributed by atoms with Gasteiger partial charge in [0.2, 0.25) is 0 Å². The molecule has 0 saturated heterocycles. The summed E-state index contributed by atoms with van der Waals surface area (Å²) in [6.45, 7) is 0. The predicted molar refractivity (Wildman–Crippen MR) is 208 cm³/mol. The van der Waals surface area contributed by atoms with Crippen LogP contribution in [0, 0.1) is 0 Å². The molecular weight excluding hydrogens is 808 g/mol. The van der Waals surface area contributed by atoms with Gasteiger partial charge in [-0.05, 0) is 82.6 Å². The number of allylic oxidation sites excluding steroid dienone is 7. The van der Waals surface area contributed by atoms with Crippen molar-refractivity contribution in [2.75, 3.05) is 0 Å². The maximum Gasteiger partial charge on any atom is 0.307 e. The van der Waals surface area contributed by atoms with Crippen molar-refractivity contribution < 1.29 is 84.3 Å². The number of carbonyl (C=O) groups is 8. The minimum absolute atomic E-state index is 0.0228. The smallest absolute Gasteiger partial charge is 0.307 e. The van der Waals surface area contributed by atoms with Crippen LogP contribution in [0.15, 0.2) is 112 Å². The summed E-state index contributed by atoms with van der Waals surface area (Å²) in [4.78, 5) is 115. The molecule has 5 rings (SSSR count). The van der Waals surface area contributed by atoms with Gasteiger partial charge in [-0.3, -0.25) is 38.4 Å². The summed E-state index contributed by atoms with van der Waals surface area (Å²) in [6, 6.07) is 0. The van der Waals surface area contributed by atoms with Gasteiger partial charge in [-0.1, -0.05) is 0 Å². The number of aliphatic carboxylic acids is 8. The van der Waals surface area contributed by atoms with Crippen molar-refractivity contribution in [1.82, 2.24) is 0 Å². The van der Waals surface area contributed by atoms with Crippen molar-refractivity contribution in [1.29, 1.82) is 0 Å². The van der Waals surface area contributed by atoms with Gasteiger partial charge in [-0.2, -0.15) is 0 Å². The van der Waals surface area contributed by atoms with Crippen LogP contribution in [-0.2, 0) is 38.4 Å². The number of hydrogen-bond acceptors (Lipinski definition) is 13. The summed E-state index contributed by atoms with van der Waals surface area (Å²) < 4.78 is 0. The lowest BCUT2D eigenvalue weighted by Crippen LogP contribution is -2.19. The summed E-state index contributed by atoms with van der Waals surface area (Å²) in [5.41, 5.74) is -1.82. The van der Waals surface area contributed by atoms with Crippen LogP contribution in [0.25, 0.3) is 0 Å². The molecule has 61 heavy (non-hydrogen) atoms. The Bertz CT molecular complexity index is 2460. The Kier molecular flexibility index (Phi) is 13.5. The van der Waals surface area contributed by atoms with E-state index in [1.165, 1.54) is 18.2 Å². The normalized spacial score (nSPS) is 17.5. The highest BCUT2D eigenvalue weighted by atomic mass is 16.4. The lowest BCUT2D eigenvalue weighted by molar-refractivity contribution is -0.139. The Balaban J connectivity index is 1.97. The molecule has 0 fully saturated rings. The second-order valence-electron chi connectivity index (χ2n) is 13.9. The first-order valence-electron chi connectivity index (χ1n) is 18.3. The van der Waals surface area contributed by atoms with E-state index in [4.69, 9.17) is 0 Å². The first-order valence-corrected chi connectivity index (χ1v) is 18.3. The molecule has 0 aromatic rings. The summed E-state index contributed by atoms with van der Waals surface area (Å²) in [5.74, 6) is -11.0. The molecule has 21 nitrogen and oxygen atoms in total. The summed E-state index contributed by atoms with van der Waals surface area (Å²) in [7, 11) is 0. The van der Waals surface area contributed by atoms with Crippen LogP contribution in [0.2, 0.25) is 0 Å². The Morgan fingerprint density at radius 2 is 0.656 bits per heavy atom. The van der Waals surface area contributed by atoms with E-state index in [0.717, 1.165) is 6.08 Å². The van der Waals surface area contributed by atoms with Gasteiger partial charge in [-0.15, -0.1) is 0 Å². The van der Waals surface area contributed by atoms with E-state index in [1.54, 1.807) is 0 Å². The zero-order chi connectivity index (χ0) is 44.9. The van der Waals surface area contributed by atoms with Gasteiger partial charge in [0.05, 0.1) is 83.8 Å². The largest absolute Gasteiger partial charge is 0.481 e. The van der Waals surface area contributed by atoms with Gasteiger partial charge in [0.1, 0.15) is 0 Å². The minimum atomic E-state index is -1.94. The summed E-state index contributed by atoms with van der Waals surface area (Å²) in [6.07, 6.45) is -3.93. The molecule has 5 heterocycles. The van der Waals surface area contributed by atoms with Crippen LogP contribution in [0.3, 0.4) is 0 Å². The Morgan fingerprint density at radius 1 is 0.377 bits per heavy atom.